The number of aromatic hydroxyl groups is 1. The van der Waals surface area contributed by atoms with Crippen molar-refractivity contribution in [3.8, 4) is 5.75 Å². The van der Waals surface area contributed by atoms with Crippen LogP contribution in [0.1, 0.15) is 36.6 Å². The van der Waals surface area contributed by atoms with E-state index < -0.39 is 49.0 Å². The van der Waals surface area contributed by atoms with Crippen molar-refractivity contribution >= 4 is 30.8 Å². The molecule has 1 aliphatic heterocycles. The van der Waals surface area contributed by atoms with E-state index in [1.54, 1.807) is 12.1 Å². The second-order valence-corrected chi connectivity index (χ2v) is 6.65. The number of carbonyl (C=O) groups is 4. The number of nitrogens with zero attached hydrogens (tertiary/aromatic N) is 1. The number of aromatic carboxylic acids is 1. The largest absolute Gasteiger partial charge is 0.507 e. The van der Waals surface area contributed by atoms with E-state index in [1.807, 2.05) is 0 Å². The van der Waals surface area contributed by atoms with Gasteiger partial charge < -0.3 is 25.6 Å². The fourth-order valence-corrected chi connectivity index (χ4v) is 3.18. The zero-order chi connectivity index (χ0) is 22.0. The predicted molar refractivity (Wildman–Crippen MR) is 103 cm³/mol. The normalized spacial score (nSPS) is 13.7. The Balaban J connectivity index is 1.72. The Labute approximate surface area is 170 Å². The van der Waals surface area contributed by atoms with Gasteiger partial charge in [-0.2, -0.15) is 0 Å². The smallest absolute Gasteiger partial charge is 0.475 e. The van der Waals surface area contributed by atoms with Crippen LogP contribution in [0.5, 0.6) is 5.75 Å². The number of rotatable bonds is 7. The standard InChI is InChI=1S/C19H17BN2O8/c23-15(9-22-17(25)11-5-1-2-6-12(11)18(22)26)21-14(20(29)30)8-10-4-3-7-13(16(10)24)19(27)28/h1-7,14,24,29-30H,8-9H2,(H,21,23)(H,27,28). The highest BCUT2D eigenvalue weighted by atomic mass is 16.4. The molecule has 10 nitrogen and oxygen atoms in total. The quantitative estimate of drug-likeness (QED) is 0.298. The molecule has 154 valence electrons. The van der Waals surface area contributed by atoms with Gasteiger partial charge in [0.15, 0.2) is 0 Å². The van der Waals surface area contributed by atoms with Gasteiger partial charge in [0, 0.05) is 0 Å². The third kappa shape index (κ3) is 4.02. The van der Waals surface area contributed by atoms with Crippen molar-refractivity contribution in [2.24, 2.45) is 0 Å². The number of imide groups is 1. The van der Waals surface area contributed by atoms with Crippen molar-refractivity contribution < 1.29 is 39.4 Å². The number of hydrogen-bond acceptors (Lipinski definition) is 7. The van der Waals surface area contributed by atoms with Crippen molar-refractivity contribution in [3.63, 3.8) is 0 Å². The van der Waals surface area contributed by atoms with E-state index in [0.717, 1.165) is 4.90 Å². The Morgan fingerprint density at radius 1 is 1.00 bits per heavy atom. The van der Waals surface area contributed by atoms with Crippen LogP contribution in [0.4, 0.5) is 0 Å². The molecule has 0 saturated heterocycles. The molecule has 1 heterocycles. The molecule has 0 aliphatic carbocycles. The lowest BCUT2D eigenvalue weighted by atomic mass is 9.75. The summed E-state index contributed by atoms with van der Waals surface area (Å²) in [4.78, 5) is 48.9. The summed E-state index contributed by atoms with van der Waals surface area (Å²) in [6.07, 6.45) is -0.307. The molecule has 0 aromatic heterocycles. The molecule has 2 aromatic rings. The third-order valence-electron chi connectivity index (χ3n) is 4.68. The van der Waals surface area contributed by atoms with Gasteiger partial charge in [0.05, 0.1) is 17.1 Å². The molecule has 0 saturated carbocycles. The maximum atomic E-state index is 12.4. The Morgan fingerprint density at radius 2 is 1.60 bits per heavy atom. The molecule has 1 atom stereocenters. The monoisotopic (exact) mass is 412 g/mol. The molecule has 0 radical (unpaired) electrons. The summed E-state index contributed by atoms with van der Waals surface area (Å²) in [5, 5.41) is 40.6. The fraction of sp³-hybridized carbons (Fsp3) is 0.158. The van der Waals surface area contributed by atoms with Crippen molar-refractivity contribution in [1.29, 1.82) is 0 Å². The summed E-state index contributed by atoms with van der Waals surface area (Å²) in [6.45, 7) is -0.642. The van der Waals surface area contributed by atoms with E-state index in [0.29, 0.717) is 0 Å². The molecule has 1 unspecified atom stereocenters. The van der Waals surface area contributed by atoms with Crippen LogP contribution in [0.3, 0.4) is 0 Å². The van der Waals surface area contributed by atoms with Gasteiger partial charge in [-0.15, -0.1) is 0 Å². The molecular weight excluding hydrogens is 395 g/mol. The topological polar surface area (TPSA) is 164 Å². The second kappa shape index (κ2) is 8.35. The Hall–Kier alpha value is -3.70. The molecule has 30 heavy (non-hydrogen) atoms. The molecule has 3 rings (SSSR count). The van der Waals surface area contributed by atoms with Crippen LogP contribution in [0, 0.1) is 0 Å². The van der Waals surface area contributed by atoms with Gasteiger partial charge in [-0.3, -0.25) is 19.3 Å². The summed E-state index contributed by atoms with van der Waals surface area (Å²) in [6, 6.07) is 10.0. The van der Waals surface area contributed by atoms with Gasteiger partial charge in [0.2, 0.25) is 5.91 Å². The molecule has 0 fully saturated rings. The molecule has 1 aliphatic rings. The fourth-order valence-electron chi connectivity index (χ4n) is 3.18. The lowest BCUT2D eigenvalue weighted by molar-refractivity contribution is -0.121. The highest BCUT2D eigenvalue weighted by molar-refractivity contribution is 6.43. The third-order valence-corrected chi connectivity index (χ3v) is 4.68. The summed E-state index contributed by atoms with van der Waals surface area (Å²) >= 11 is 0. The number of hydrogen-bond donors (Lipinski definition) is 5. The van der Waals surface area contributed by atoms with Crippen molar-refractivity contribution in [3.05, 3.63) is 64.7 Å². The lowest BCUT2D eigenvalue weighted by Gasteiger charge is -2.20. The number of carboxylic acids is 1. The highest BCUT2D eigenvalue weighted by Gasteiger charge is 2.37. The van der Waals surface area contributed by atoms with Gasteiger partial charge in [-0.05, 0) is 30.2 Å². The first-order valence-corrected chi connectivity index (χ1v) is 8.85. The minimum Gasteiger partial charge on any atom is -0.507 e. The minimum atomic E-state index is -2.05. The molecule has 3 amide bonds. The van der Waals surface area contributed by atoms with Crippen molar-refractivity contribution in [1.82, 2.24) is 10.2 Å². The number of para-hydroxylation sites is 1. The minimum absolute atomic E-state index is 0.0639. The summed E-state index contributed by atoms with van der Waals surface area (Å²) in [7, 11) is -2.05. The van der Waals surface area contributed by atoms with E-state index in [2.05, 4.69) is 5.32 Å². The zero-order valence-corrected chi connectivity index (χ0v) is 15.5. The molecule has 0 bridgehead atoms. The van der Waals surface area contributed by atoms with E-state index in [-0.39, 0.29) is 28.7 Å². The van der Waals surface area contributed by atoms with Gasteiger partial charge in [0.1, 0.15) is 17.9 Å². The molecule has 0 spiro atoms. The van der Waals surface area contributed by atoms with E-state index in [1.165, 1.54) is 30.3 Å². The number of amides is 3. The maximum absolute atomic E-state index is 12.4. The highest BCUT2D eigenvalue weighted by Crippen LogP contribution is 2.24. The average Bonchev–Trinajstić information content (AvgIpc) is 2.93. The van der Waals surface area contributed by atoms with Crippen molar-refractivity contribution in [2.45, 2.75) is 12.4 Å². The molecule has 5 N–H and O–H groups in total. The van der Waals surface area contributed by atoms with Gasteiger partial charge in [-0.25, -0.2) is 4.79 Å². The first-order chi connectivity index (χ1) is 14.2. The number of benzene rings is 2. The van der Waals surface area contributed by atoms with E-state index >= 15 is 0 Å². The van der Waals surface area contributed by atoms with E-state index in [9.17, 15) is 34.3 Å². The van der Waals surface area contributed by atoms with Crippen LogP contribution in [-0.4, -0.2) is 68.5 Å². The average molecular weight is 412 g/mol. The number of carboxylic acid groups (broad SMARTS) is 1. The van der Waals surface area contributed by atoms with Crippen LogP contribution in [0.25, 0.3) is 0 Å². The first-order valence-electron chi connectivity index (χ1n) is 8.85. The number of fused-ring (bicyclic) bond motifs is 1. The van der Waals surface area contributed by atoms with Crippen LogP contribution in [-0.2, 0) is 11.2 Å². The van der Waals surface area contributed by atoms with Crippen LogP contribution in [0.15, 0.2) is 42.5 Å². The number of nitrogens with one attached hydrogen (secondary N) is 1. The summed E-state index contributed by atoms with van der Waals surface area (Å²) in [5.74, 6) is -5.38. The second-order valence-electron chi connectivity index (χ2n) is 6.65. The Morgan fingerprint density at radius 3 is 2.13 bits per heavy atom. The maximum Gasteiger partial charge on any atom is 0.475 e. The predicted octanol–water partition coefficient (Wildman–Crippen LogP) is -0.574. The van der Waals surface area contributed by atoms with Crippen LogP contribution < -0.4 is 5.32 Å². The van der Waals surface area contributed by atoms with E-state index in [4.69, 9.17) is 5.11 Å². The number of carbonyl (C=O) groups excluding carboxylic acids is 3. The van der Waals surface area contributed by atoms with Gasteiger partial charge in [-0.1, -0.05) is 24.3 Å². The van der Waals surface area contributed by atoms with Crippen LogP contribution in [0.2, 0.25) is 0 Å². The molecular formula is C19H17BN2O8. The van der Waals surface area contributed by atoms with Gasteiger partial charge >= 0.3 is 13.1 Å². The summed E-state index contributed by atoms with van der Waals surface area (Å²) in [5.41, 5.74) is 0.0268. The Kier molecular flexibility index (Phi) is 5.85. The van der Waals surface area contributed by atoms with Gasteiger partial charge in [0.25, 0.3) is 11.8 Å². The SMILES string of the molecule is O=C(CN1C(=O)c2ccccc2C1=O)NC(Cc1cccc(C(=O)O)c1O)B(O)O. The molecule has 2 aromatic carbocycles. The first kappa shape index (κ1) is 21.0. The Bertz CT molecular complexity index is 1000. The zero-order valence-electron chi connectivity index (χ0n) is 15.5. The molecule has 11 heteroatoms. The van der Waals surface area contributed by atoms with Crippen molar-refractivity contribution in [2.75, 3.05) is 6.54 Å². The summed E-state index contributed by atoms with van der Waals surface area (Å²) < 4.78 is 0. The number of phenols is 1. The van der Waals surface area contributed by atoms with Crippen LogP contribution >= 0.6 is 0 Å². The lowest BCUT2D eigenvalue weighted by Crippen LogP contribution is -2.51.